The van der Waals surface area contributed by atoms with Crippen LogP contribution >= 0.6 is 0 Å². The molecule has 0 bridgehead atoms. The summed E-state index contributed by atoms with van der Waals surface area (Å²) in [4.78, 5) is 4.77. The van der Waals surface area contributed by atoms with E-state index in [1.165, 1.54) is 5.69 Å². The van der Waals surface area contributed by atoms with Crippen LogP contribution in [0, 0.1) is 0 Å². The van der Waals surface area contributed by atoms with Gasteiger partial charge in [-0.3, -0.25) is 0 Å². The van der Waals surface area contributed by atoms with E-state index in [1.807, 2.05) is 30.3 Å². The number of fused-ring (bicyclic) bond motifs is 1. The molecule has 0 radical (unpaired) electrons. The van der Waals surface area contributed by atoms with E-state index in [2.05, 4.69) is 34.5 Å². The first-order chi connectivity index (χ1) is 11.8. The second-order valence-corrected chi connectivity index (χ2v) is 5.75. The normalized spacial score (nSPS) is 11.2. The second kappa shape index (κ2) is 5.92. The molecule has 1 aromatic carbocycles. The van der Waals surface area contributed by atoms with Crippen molar-refractivity contribution in [2.45, 2.75) is 13.0 Å². The van der Waals surface area contributed by atoms with Crippen molar-refractivity contribution in [2.24, 2.45) is 7.05 Å². The van der Waals surface area contributed by atoms with E-state index in [1.54, 1.807) is 13.4 Å². The van der Waals surface area contributed by atoms with E-state index in [9.17, 15) is 0 Å². The van der Waals surface area contributed by atoms with Gasteiger partial charge in [-0.1, -0.05) is 6.07 Å². The lowest BCUT2D eigenvalue weighted by molar-refractivity contribution is 0.417. The van der Waals surface area contributed by atoms with Crippen LogP contribution in [0.2, 0.25) is 0 Å². The highest BCUT2D eigenvalue weighted by Crippen LogP contribution is 2.31. The van der Waals surface area contributed by atoms with Crippen molar-refractivity contribution in [3.8, 4) is 17.3 Å². The Kier molecular flexibility index (Phi) is 3.61. The molecule has 3 aromatic heterocycles. The summed E-state index contributed by atoms with van der Waals surface area (Å²) in [5, 5.41) is 0. The van der Waals surface area contributed by atoms with Gasteiger partial charge >= 0.3 is 0 Å². The molecule has 0 aliphatic carbocycles. The monoisotopic (exact) mass is 321 g/mol. The van der Waals surface area contributed by atoms with E-state index in [4.69, 9.17) is 14.1 Å². The van der Waals surface area contributed by atoms with Gasteiger partial charge in [-0.2, -0.15) is 0 Å². The van der Waals surface area contributed by atoms with Crippen molar-refractivity contribution < 1.29 is 9.15 Å². The first kappa shape index (κ1) is 14.6. The Morgan fingerprint density at radius 3 is 2.75 bits per heavy atom. The molecule has 0 spiro atoms. The zero-order chi connectivity index (χ0) is 16.5. The Hall–Kier alpha value is -2.95. The Morgan fingerprint density at radius 1 is 1.12 bits per heavy atom. The molecule has 4 rings (SSSR count). The zero-order valence-corrected chi connectivity index (χ0v) is 13.8. The fraction of sp³-hybridized carbons (Fsp3) is 0.211. The lowest BCUT2D eigenvalue weighted by Gasteiger charge is -2.11. The van der Waals surface area contributed by atoms with Crippen LogP contribution in [0.25, 0.3) is 22.6 Å². The molecule has 0 amide bonds. The second-order valence-electron chi connectivity index (χ2n) is 5.75. The number of aryl methyl sites for hydroxylation is 3. The smallest absolute Gasteiger partial charge is 0.177 e. The Morgan fingerprint density at radius 2 is 2.04 bits per heavy atom. The number of ether oxygens (including phenoxy) is 1. The number of methoxy groups -OCH3 is 1. The fourth-order valence-corrected chi connectivity index (χ4v) is 3.11. The van der Waals surface area contributed by atoms with Crippen molar-refractivity contribution in [2.75, 3.05) is 7.11 Å². The fourth-order valence-electron chi connectivity index (χ4n) is 3.11. The largest absolute Gasteiger partial charge is 0.494 e. The maximum Gasteiger partial charge on any atom is 0.177 e. The van der Waals surface area contributed by atoms with Gasteiger partial charge in [0.2, 0.25) is 0 Å². The van der Waals surface area contributed by atoms with Crippen LogP contribution in [0.5, 0.6) is 5.75 Å². The number of nitrogens with zero attached hydrogens (tertiary/aromatic N) is 3. The van der Waals surface area contributed by atoms with Gasteiger partial charge in [0, 0.05) is 31.9 Å². The Bertz CT molecular complexity index is 964. The summed E-state index contributed by atoms with van der Waals surface area (Å²) in [6.07, 6.45) is 4.64. The van der Waals surface area contributed by atoms with E-state index >= 15 is 0 Å². The van der Waals surface area contributed by atoms with Crippen molar-refractivity contribution in [1.29, 1.82) is 0 Å². The summed E-state index contributed by atoms with van der Waals surface area (Å²) in [5.74, 6) is 2.42. The lowest BCUT2D eigenvalue weighted by Crippen LogP contribution is -2.06. The lowest BCUT2D eigenvalue weighted by atomic mass is 10.2. The Labute approximate surface area is 140 Å². The summed E-state index contributed by atoms with van der Waals surface area (Å²) >= 11 is 0. The SMILES string of the molecule is COc1cccc2nc(-c3ccco3)n(CCc3cccn3C)c12. The number of para-hydroxylation sites is 1. The number of aromatic nitrogens is 3. The molecular formula is C19H19N3O2. The molecule has 0 N–H and O–H groups in total. The molecule has 5 nitrogen and oxygen atoms in total. The van der Waals surface area contributed by atoms with Crippen LogP contribution in [0.1, 0.15) is 5.69 Å². The molecule has 0 atom stereocenters. The first-order valence-electron chi connectivity index (χ1n) is 7.95. The topological polar surface area (TPSA) is 45.1 Å². The number of benzene rings is 1. The third-order valence-electron chi connectivity index (χ3n) is 4.33. The predicted octanol–water partition coefficient (Wildman–Crippen LogP) is 3.89. The van der Waals surface area contributed by atoms with E-state index < -0.39 is 0 Å². The molecule has 0 aliphatic heterocycles. The molecule has 0 fully saturated rings. The predicted molar refractivity (Wildman–Crippen MR) is 93.1 cm³/mol. The third kappa shape index (κ3) is 2.38. The van der Waals surface area contributed by atoms with Crippen molar-refractivity contribution in [3.05, 3.63) is 60.6 Å². The van der Waals surface area contributed by atoms with E-state index in [-0.39, 0.29) is 0 Å². The minimum Gasteiger partial charge on any atom is -0.494 e. The quantitative estimate of drug-likeness (QED) is 0.560. The van der Waals surface area contributed by atoms with Gasteiger partial charge < -0.3 is 18.3 Å². The van der Waals surface area contributed by atoms with E-state index in [0.717, 1.165) is 41.3 Å². The molecule has 5 heteroatoms. The molecule has 4 aromatic rings. The van der Waals surface area contributed by atoms with Crippen LogP contribution in [0.15, 0.2) is 59.3 Å². The number of furan rings is 1. The van der Waals surface area contributed by atoms with Crippen LogP contribution in [0.3, 0.4) is 0 Å². The summed E-state index contributed by atoms with van der Waals surface area (Å²) in [6.45, 7) is 0.796. The Balaban J connectivity index is 1.84. The summed E-state index contributed by atoms with van der Waals surface area (Å²) in [7, 11) is 3.76. The summed E-state index contributed by atoms with van der Waals surface area (Å²) in [6, 6.07) is 14.0. The average Bonchev–Trinajstić information content (AvgIpc) is 3.32. The van der Waals surface area contributed by atoms with Gasteiger partial charge in [0.05, 0.1) is 18.9 Å². The maximum atomic E-state index is 5.59. The molecule has 0 saturated carbocycles. The highest BCUT2D eigenvalue weighted by molar-refractivity contribution is 5.85. The number of hydrogen-bond donors (Lipinski definition) is 0. The molecule has 122 valence electrons. The van der Waals surface area contributed by atoms with E-state index in [0.29, 0.717) is 0 Å². The first-order valence-corrected chi connectivity index (χ1v) is 7.95. The zero-order valence-electron chi connectivity index (χ0n) is 13.8. The number of rotatable bonds is 5. The van der Waals surface area contributed by atoms with Crippen molar-refractivity contribution >= 4 is 11.0 Å². The van der Waals surface area contributed by atoms with Crippen LogP contribution in [-0.2, 0) is 20.0 Å². The van der Waals surface area contributed by atoms with Gasteiger partial charge in [0.1, 0.15) is 11.3 Å². The van der Waals surface area contributed by atoms with Crippen molar-refractivity contribution in [1.82, 2.24) is 14.1 Å². The number of imidazole rings is 1. The minimum atomic E-state index is 0.764. The maximum absolute atomic E-state index is 5.59. The highest BCUT2D eigenvalue weighted by Gasteiger charge is 2.17. The van der Waals surface area contributed by atoms with Gasteiger partial charge in [-0.15, -0.1) is 0 Å². The molecule has 0 aliphatic rings. The molecule has 0 unspecified atom stereocenters. The van der Waals surface area contributed by atoms with Gasteiger partial charge in [-0.05, 0) is 36.4 Å². The molecule has 3 heterocycles. The standard InChI is InChI=1S/C19H19N3O2/c1-21-11-4-6-14(21)10-12-22-18-15(7-3-8-16(18)23-2)20-19(22)17-9-5-13-24-17/h3-9,11,13H,10,12H2,1-2H3. The van der Waals surface area contributed by atoms with Crippen LogP contribution < -0.4 is 4.74 Å². The molecule has 0 saturated heterocycles. The highest BCUT2D eigenvalue weighted by atomic mass is 16.5. The molecular weight excluding hydrogens is 302 g/mol. The van der Waals surface area contributed by atoms with Gasteiger partial charge in [-0.25, -0.2) is 4.98 Å². The number of hydrogen-bond acceptors (Lipinski definition) is 3. The third-order valence-corrected chi connectivity index (χ3v) is 4.33. The minimum absolute atomic E-state index is 0.764. The summed E-state index contributed by atoms with van der Waals surface area (Å²) in [5.41, 5.74) is 3.19. The summed E-state index contributed by atoms with van der Waals surface area (Å²) < 4.78 is 15.5. The average molecular weight is 321 g/mol. The van der Waals surface area contributed by atoms with Gasteiger partial charge in [0.25, 0.3) is 0 Å². The van der Waals surface area contributed by atoms with Crippen molar-refractivity contribution in [3.63, 3.8) is 0 Å². The van der Waals surface area contributed by atoms with Gasteiger partial charge in [0.15, 0.2) is 11.6 Å². The van der Waals surface area contributed by atoms with Crippen LogP contribution in [-0.4, -0.2) is 21.2 Å². The van der Waals surface area contributed by atoms with Crippen LogP contribution in [0.4, 0.5) is 0 Å². The molecule has 24 heavy (non-hydrogen) atoms.